The van der Waals surface area contributed by atoms with E-state index in [-0.39, 0.29) is 0 Å². The number of hydrogen-bond acceptors (Lipinski definition) is 4. The highest BCUT2D eigenvalue weighted by Crippen LogP contribution is 1.97. The van der Waals surface area contributed by atoms with E-state index >= 15 is 0 Å². The van der Waals surface area contributed by atoms with Crippen molar-refractivity contribution in [2.45, 2.75) is 6.42 Å². The zero-order chi connectivity index (χ0) is 10.1. The lowest BCUT2D eigenvalue weighted by molar-refractivity contribution is 0.149. The van der Waals surface area contributed by atoms with Crippen LogP contribution in [0.3, 0.4) is 0 Å². The van der Waals surface area contributed by atoms with E-state index in [2.05, 4.69) is 15.5 Å². The van der Waals surface area contributed by atoms with Crippen LogP contribution in [0.4, 0.5) is 5.82 Å². The van der Waals surface area contributed by atoms with Crippen LogP contribution in [0.2, 0.25) is 0 Å². The fraction of sp³-hybridized carbons (Fsp3) is 0.556. The van der Waals surface area contributed by atoms with Gasteiger partial charge in [-0.2, -0.15) is 5.10 Å². The van der Waals surface area contributed by atoms with Gasteiger partial charge in [0.1, 0.15) is 5.82 Å². The van der Waals surface area contributed by atoms with Gasteiger partial charge in [-0.05, 0) is 18.6 Å². The smallest absolute Gasteiger partial charge is 0.148 e. The SMILES string of the molecule is ClCCOCCCNc1cccnn1. The predicted molar refractivity (Wildman–Crippen MR) is 56.7 cm³/mol. The van der Waals surface area contributed by atoms with Gasteiger partial charge in [0, 0.05) is 25.2 Å². The lowest BCUT2D eigenvalue weighted by Crippen LogP contribution is -2.07. The number of anilines is 1. The second-order valence-electron chi connectivity index (χ2n) is 2.69. The van der Waals surface area contributed by atoms with Gasteiger partial charge in [-0.3, -0.25) is 0 Å². The highest BCUT2D eigenvalue weighted by Gasteiger charge is 1.91. The van der Waals surface area contributed by atoms with Crippen molar-refractivity contribution < 1.29 is 4.74 Å². The van der Waals surface area contributed by atoms with Crippen LogP contribution in [0.15, 0.2) is 18.3 Å². The minimum Gasteiger partial charge on any atom is -0.380 e. The third-order valence-electron chi connectivity index (χ3n) is 1.57. The fourth-order valence-electron chi connectivity index (χ4n) is 0.943. The van der Waals surface area contributed by atoms with Gasteiger partial charge in [0.15, 0.2) is 0 Å². The minimum atomic E-state index is 0.553. The summed E-state index contributed by atoms with van der Waals surface area (Å²) < 4.78 is 5.21. The summed E-state index contributed by atoms with van der Waals surface area (Å²) in [6, 6.07) is 3.73. The largest absolute Gasteiger partial charge is 0.380 e. The summed E-state index contributed by atoms with van der Waals surface area (Å²) in [7, 11) is 0. The first kappa shape index (κ1) is 11.2. The number of alkyl halides is 1. The summed E-state index contributed by atoms with van der Waals surface area (Å²) >= 11 is 5.45. The second-order valence-corrected chi connectivity index (χ2v) is 3.07. The number of aromatic nitrogens is 2. The van der Waals surface area contributed by atoms with Crippen molar-refractivity contribution in [1.82, 2.24) is 10.2 Å². The minimum absolute atomic E-state index is 0.553. The maximum Gasteiger partial charge on any atom is 0.148 e. The van der Waals surface area contributed by atoms with Crippen LogP contribution in [0.1, 0.15) is 6.42 Å². The Morgan fingerprint density at radius 2 is 2.36 bits per heavy atom. The van der Waals surface area contributed by atoms with E-state index in [1.807, 2.05) is 12.1 Å². The van der Waals surface area contributed by atoms with Crippen LogP contribution in [0, 0.1) is 0 Å². The molecule has 0 saturated heterocycles. The molecule has 0 aliphatic rings. The van der Waals surface area contributed by atoms with Gasteiger partial charge in [-0.15, -0.1) is 16.7 Å². The molecule has 1 rings (SSSR count). The third kappa shape index (κ3) is 4.99. The molecule has 1 N–H and O–H groups in total. The highest BCUT2D eigenvalue weighted by molar-refractivity contribution is 6.17. The Morgan fingerprint density at radius 3 is 3.07 bits per heavy atom. The molecule has 0 spiro atoms. The molecule has 1 aromatic heterocycles. The first-order chi connectivity index (χ1) is 6.93. The number of halogens is 1. The van der Waals surface area contributed by atoms with Gasteiger partial charge >= 0.3 is 0 Å². The summed E-state index contributed by atoms with van der Waals surface area (Å²) in [4.78, 5) is 0. The summed E-state index contributed by atoms with van der Waals surface area (Å²) in [5.41, 5.74) is 0. The van der Waals surface area contributed by atoms with Gasteiger partial charge in [0.25, 0.3) is 0 Å². The predicted octanol–water partition coefficient (Wildman–Crippen LogP) is 1.53. The summed E-state index contributed by atoms with van der Waals surface area (Å²) in [5.74, 6) is 1.35. The molecule has 0 radical (unpaired) electrons. The molecule has 0 aliphatic carbocycles. The van der Waals surface area contributed by atoms with Crippen LogP contribution in [0.25, 0.3) is 0 Å². The average Bonchev–Trinajstić information content (AvgIpc) is 2.25. The van der Waals surface area contributed by atoms with E-state index < -0.39 is 0 Å². The first-order valence-electron chi connectivity index (χ1n) is 4.59. The van der Waals surface area contributed by atoms with E-state index in [0.717, 1.165) is 25.4 Å². The summed E-state index contributed by atoms with van der Waals surface area (Å²) in [6.07, 6.45) is 2.59. The quantitative estimate of drug-likeness (QED) is 0.554. The summed E-state index contributed by atoms with van der Waals surface area (Å²) in [6.45, 7) is 2.17. The Morgan fingerprint density at radius 1 is 1.43 bits per heavy atom. The monoisotopic (exact) mass is 215 g/mol. The lowest BCUT2D eigenvalue weighted by atomic mass is 10.4. The van der Waals surface area contributed by atoms with E-state index in [4.69, 9.17) is 16.3 Å². The van der Waals surface area contributed by atoms with Gasteiger partial charge in [-0.1, -0.05) is 0 Å². The molecule has 0 aromatic carbocycles. The molecule has 0 aliphatic heterocycles. The maximum absolute atomic E-state index is 5.45. The van der Waals surface area contributed by atoms with Crippen LogP contribution in [0.5, 0.6) is 0 Å². The normalized spacial score (nSPS) is 10.1. The molecule has 1 aromatic rings. The molecule has 1 heterocycles. The number of nitrogens with zero attached hydrogens (tertiary/aromatic N) is 2. The summed E-state index contributed by atoms with van der Waals surface area (Å²) in [5, 5.41) is 10.8. The highest BCUT2D eigenvalue weighted by atomic mass is 35.5. The van der Waals surface area contributed by atoms with Crippen molar-refractivity contribution in [3.05, 3.63) is 18.3 Å². The Hall–Kier alpha value is -0.870. The lowest BCUT2D eigenvalue weighted by Gasteiger charge is -2.04. The molecule has 0 bridgehead atoms. The Balaban J connectivity index is 1.99. The van der Waals surface area contributed by atoms with Crippen LogP contribution in [-0.4, -0.2) is 35.8 Å². The molecule has 0 atom stereocenters. The topological polar surface area (TPSA) is 47.0 Å². The van der Waals surface area contributed by atoms with Gasteiger partial charge in [0.2, 0.25) is 0 Å². The van der Waals surface area contributed by atoms with E-state index in [9.17, 15) is 0 Å². The van der Waals surface area contributed by atoms with Crippen molar-refractivity contribution in [3.8, 4) is 0 Å². The van der Waals surface area contributed by atoms with Crippen molar-refractivity contribution in [3.63, 3.8) is 0 Å². The molecular weight excluding hydrogens is 202 g/mol. The van der Waals surface area contributed by atoms with E-state index in [1.165, 1.54) is 0 Å². The molecule has 5 heteroatoms. The van der Waals surface area contributed by atoms with E-state index in [1.54, 1.807) is 6.20 Å². The Bertz CT molecular complexity index is 233. The number of rotatable bonds is 7. The molecule has 0 amide bonds. The fourth-order valence-corrected chi connectivity index (χ4v) is 1.05. The number of hydrogen-bond donors (Lipinski definition) is 1. The molecular formula is C9H14ClN3O. The Kier molecular flexibility index (Phi) is 6.02. The molecule has 0 fully saturated rings. The van der Waals surface area contributed by atoms with Crippen LogP contribution in [-0.2, 0) is 4.74 Å². The van der Waals surface area contributed by atoms with Crippen LogP contribution < -0.4 is 5.32 Å². The standard InChI is InChI=1S/C9H14ClN3O/c10-4-8-14-7-2-5-11-9-3-1-6-12-13-9/h1,3,6H,2,4-5,7-8H2,(H,11,13). The van der Waals surface area contributed by atoms with Crippen molar-refractivity contribution in [1.29, 1.82) is 0 Å². The van der Waals surface area contributed by atoms with Gasteiger partial charge < -0.3 is 10.1 Å². The number of ether oxygens (including phenoxy) is 1. The molecule has 4 nitrogen and oxygen atoms in total. The van der Waals surface area contributed by atoms with Crippen molar-refractivity contribution in [2.75, 3.05) is 31.0 Å². The second kappa shape index (κ2) is 7.53. The van der Waals surface area contributed by atoms with Crippen molar-refractivity contribution >= 4 is 17.4 Å². The van der Waals surface area contributed by atoms with E-state index in [0.29, 0.717) is 12.5 Å². The maximum atomic E-state index is 5.45. The Labute approximate surface area is 88.6 Å². The van der Waals surface area contributed by atoms with Gasteiger partial charge in [0.05, 0.1) is 6.61 Å². The van der Waals surface area contributed by atoms with Crippen LogP contribution >= 0.6 is 11.6 Å². The third-order valence-corrected chi connectivity index (χ3v) is 1.72. The van der Waals surface area contributed by atoms with Gasteiger partial charge in [-0.25, -0.2) is 0 Å². The van der Waals surface area contributed by atoms with Crippen molar-refractivity contribution in [2.24, 2.45) is 0 Å². The first-order valence-corrected chi connectivity index (χ1v) is 5.12. The zero-order valence-electron chi connectivity index (χ0n) is 7.95. The molecule has 0 saturated carbocycles. The zero-order valence-corrected chi connectivity index (χ0v) is 8.70. The molecule has 14 heavy (non-hydrogen) atoms. The molecule has 0 unspecified atom stereocenters. The average molecular weight is 216 g/mol. The molecule has 78 valence electrons. The number of nitrogens with one attached hydrogen (secondary N) is 1.